The van der Waals surface area contributed by atoms with Crippen molar-refractivity contribution in [3.05, 3.63) is 41.2 Å². The van der Waals surface area contributed by atoms with Gasteiger partial charge in [0.15, 0.2) is 5.76 Å². The zero-order valence-electron chi connectivity index (χ0n) is 11.1. The van der Waals surface area contributed by atoms with Crippen LogP contribution in [-0.4, -0.2) is 16.2 Å². The van der Waals surface area contributed by atoms with Crippen molar-refractivity contribution in [1.29, 1.82) is 0 Å². The van der Waals surface area contributed by atoms with Crippen molar-refractivity contribution in [2.24, 2.45) is 0 Å². The summed E-state index contributed by atoms with van der Waals surface area (Å²) in [5.41, 5.74) is 2.59. The lowest BCUT2D eigenvalue weighted by atomic mass is 10.0. The van der Waals surface area contributed by atoms with Gasteiger partial charge in [-0.3, -0.25) is 0 Å². The number of carboxylic acid groups (broad SMARTS) is 1. The van der Waals surface area contributed by atoms with Crippen molar-refractivity contribution >= 4 is 5.97 Å². The number of hydrogen-bond acceptors (Lipinski definition) is 3. The lowest BCUT2D eigenvalue weighted by Crippen LogP contribution is -2.01. The first kappa shape index (κ1) is 13.3. The Morgan fingerprint density at radius 2 is 1.95 bits per heavy atom. The number of benzene rings is 1. The largest absolute Gasteiger partial charge is 0.477 e. The molecular weight excluding hydrogens is 242 g/mol. The van der Waals surface area contributed by atoms with Crippen LogP contribution in [0.2, 0.25) is 0 Å². The fourth-order valence-electron chi connectivity index (χ4n) is 2.04. The molecule has 0 saturated carbocycles. The van der Waals surface area contributed by atoms with Crippen LogP contribution in [-0.2, 0) is 12.8 Å². The smallest absolute Gasteiger partial charge is 0.341 e. The molecule has 1 heterocycles. The molecular formula is C15H17NO3. The van der Waals surface area contributed by atoms with E-state index in [1.54, 1.807) is 0 Å². The van der Waals surface area contributed by atoms with Crippen LogP contribution >= 0.6 is 0 Å². The van der Waals surface area contributed by atoms with Gasteiger partial charge in [0.25, 0.3) is 0 Å². The Labute approximate surface area is 112 Å². The van der Waals surface area contributed by atoms with Crippen LogP contribution in [0.15, 0.2) is 28.8 Å². The van der Waals surface area contributed by atoms with E-state index in [1.807, 2.05) is 31.2 Å². The van der Waals surface area contributed by atoms with Gasteiger partial charge >= 0.3 is 5.97 Å². The van der Waals surface area contributed by atoms with Gasteiger partial charge in [-0.2, -0.15) is 0 Å². The number of aryl methyl sites for hydroxylation is 2. The summed E-state index contributed by atoms with van der Waals surface area (Å²) in [5.74, 6) is -0.538. The predicted molar refractivity (Wildman–Crippen MR) is 72.3 cm³/mol. The third kappa shape index (κ3) is 2.67. The molecule has 2 rings (SSSR count). The molecule has 19 heavy (non-hydrogen) atoms. The van der Waals surface area contributed by atoms with E-state index in [0.717, 1.165) is 18.4 Å². The minimum Gasteiger partial charge on any atom is -0.477 e. The third-order valence-electron chi connectivity index (χ3n) is 3.09. The normalized spacial score (nSPS) is 10.6. The summed E-state index contributed by atoms with van der Waals surface area (Å²) in [7, 11) is 0. The summed E-state index contributed by atoms with van der Waals surface area (Å²) in [4.78, 5) is 11.4. The molecule has 4 heteroatoms. The molecule has 1 aromatic carbocycles. The van der Waals surface area contributed by atoms with Gasteiger partial charge in [-0.1, -0.05) is 43.3 Å². The maximum atomic E-state index is 11.4. The Hall–Kier alpha value is -2.10. The Morgan fingerprint density at radius 3 is 2.47 bits per heavy atom. The number of carbonyl (C=O) groups is 1. The maximum Gasteiger partial charge on any atom is 0.341 e. The van der Waals surface area contributed by atoms with E-state index in [1.165, 1.54) is 5.56 Å². The van der Waals surface area contributed by atoms with E-state index in [-0.39, 0.29) is 5.56 Å². The third-order valence-corrected chi connectivity index (χ3v) is 3.09. The molecule has 0 saturated heterocycles. The van der Waals surface area contributed by atoms with Gasteiger partial charge in [-0.15, -0.1) is 0 Å². The maximum absolute atomic E-state index is 11.4. The van der Waals surface area contributed by atoms with E-state index in [0.29, 0.717) is 17.9 Å². The van der Waals surface area contributed by atoms with Crippen molar-refractivity contribution in [3.8, 4) is 11.3 Å². The Bertz CT molecular complexity index is 570. The number of aromatic nitrogens is 1. The van der Waals surface area contributed by atoms with E-state index in [4.69, 9.17) is 4.52 Å². The van der Waals surface area contributed by atoms with Gasteiger partial charge in [-0.05, 0) is 18.4 Å². The first-order valence-corrected chi connectivity index (χ1v) is 6.48. The van der Waals surface area contributed by atoms with Crippen LogP contribution in [0.1, 0.15) is 41.9 Å². The Balaban J connectivity index is 2.45. The fourth-order valence-corrected chi connectivity index (χ4v) is 2.04. The number of aromatic carboxylic acids is 1. The highest BCUT2D eigenvalue weighted by atomic mass is 16.5. The summed E-state index contributed by atoms with van der Waals surface area (Å²) in [6.07, 6.45) is 2.36. The van der Waals surface area contributed by atoms with Crippen molar-refractivity contribution in [1.82, 2.24) is 5.16 Å². The summed E-state index contributed by atoms with van der Waals surface area (Å²) in [6.45, 7) is 4.05. The zero-order valence-corrected chi connectivity index (χ0v) is 11.1. The van der Waals surface area contributed by atoms with Gasteiger partial charge in [0, 0.05) is 12.0 Å². The number of carboxylic acids is 1. The van der Waals surface area contributed by atoms with Gasteiger partial charge in [0.2, 0.25) is 0 Å². The summed E-state index contributed by atoms with van der Waals surface area (Å²) in [5, 5.41) is 13.3. The molecule has 0 aliphatic carbocycles. The summed E-state index contributed by atoms with van der Waals surface area (Å²) < 4.78 is 5.18. The highest BCUT2D eigenvalue weighted by Crippen LogP contribution is 2.26. The second-order valence-electron chi connectivity index (χ2n) is 4.43. The van der Waals surface area contributed by atoms with Crippen molar-refractivity contribution < 1.29 is 14.4 Å². The number of nitrogens with zero attached hydrogens (tertiary/aromatic N) is 1. The molecule has 0 atom stereocenters. The highest BCUT2D eigenvalue weighted by Gasteiger charge is 2.22. The molecule has 0 fully saturated rings. The topological polar surface area (TPSA) is 63.3 Å². The molecule has 0 aliphatic rings. The van der Waals surface area contributed by atoms with Crippen molar-refractivity contribution in [2.45, 2.75) is 33.1 Å². The molecule has 0 aliphatic heterocycles. The van der Waals surface area contributed by atoms with Gasteiger partial charge in [-0.25, -0.2) is 4.79 Å². The van der Waals surface area contributed by atoms with Crippen molar-refractivity contribution in [3.63, 3.8) is 0 Å². The Morgan fingerprint density at radius 1 is 1.26 bits per heavy atom. The second-order valence-corrected chi connectivity index (χ2v) is 4.43. The van der Waals surface area contributed by atoms with Crippen molar-refractivity contribution in [2.75, 3.05) is 0 Å². The molecule has 1 aromatic heterocycles. The van der Waals surface area contributed by atoms with E-state index in [9.17, 15) is 9.90 Å². The lowest BCUT2D eigenvalue weighted by molar-refractivity contribution is 0.0695. The first-order valence-electron chi connectivity index (χ1n) is 6.48. The monoisotopic (exact) mass is 259 g/mol. The van der Waals surface area contributed by atoms with Gasteiger partial charge < -0.3 is 9.63 Å². The predicted octanol–water partition coefficient (Wildman–Crippen LogP) is 3.55. The van der Waals surface area contributed by atoms with E-state index < -0.39 is 5.97 Å². The van der Waals surface area contributed by atoms with Gasteiger partial charge in [0.05, 0.1) is 0 Å². The molecule has 0 amide bonds. The molecule has 1 N–H and O–H groups in total. The molecule has 0 spiro atoms. The number of hydrogen-bond donors (Lipinski definition) is 1. The average Bonchev–Trinajstić information content (AvgIpc) is 2.83. The highest BCUT2D eigenvalue weighted by molar-refractivity contribution is 5.95. The van der Waals surface area contributed by atoms with Gasteiger partial charge in [0.1, 0.15) is 11.3 Å². The molecule has 2 aromatic rings. The first-order chi connectivity index (χ1) is 9.17. The van der Waals surface area contributed by atoms with E-state index >= 15 is 0 Å². The minimum absolute atomic E-state index is 0.186. The fraction of sp³-hybridized carbons (Fsp3) is 0.333. The van der Waals surface area contributed by atoms with E-state index in [2.05, 4.69) is 12.1 Å². The van der Waals surface area contributed by atoms with Crippen LogP contribution in [0.4, 0.5) is 0 Å². The quantitative estimate of drug-likeness (QED) is 0.891. The Kier molecular flexibility index (Phi) is 4.00. The second kappa shape index (κ2) is 5.69. The summed E-state index contributed by atoms with van der Waals surface area (Å²) in [6, 6.07) is 7.74. The zero-order chi connectivity index (χ0) is 13.8. The standard InChI is InChI=1S/C15H17NO3/c1-3-5-12-13(15(17)18)14(16-19-12)11-8-6-10(4-2)7-9-11/h6-9H,3-5H2,1-2H3,(H,17,18). The molecule has 0 unspecified atom stereocenters. The SMILES string of the molecule is CCCc1onc(-c2ccc(CC)cc2)c1C(=O)O. The number of rotatable bonds is 5. The summed E-state index contributed by atoms with van der Waals surface area (Å²) >= 11 is 0. The molecule has 0 radical (unpaired) electrons. The average molecular weight is 259 g/mol. The molecule has 0 bridgehead atoms. The van der Waals surface area contributed by atoms with Crippen LogP contribution in [0.3, 0.4) is 0 Å². The van der Waals surface area contributed by atoms with Crippen LogP contribution in [0, 0.1) is 0 Å². The molecule has 100 valence electrons. The molecule has 4 nitrogen and oxygen atoms in total. The lowest BCUT2D eigenvalue weighted by Gasteiger charge is -2.01. The minimum atomic E-state index is -0.987. The van der Waals surface area contributed by atoms with Crippen LogP contribution in [0.25, 0.3) is 11.3 Å². The van der Waals surface area contributed by atoms with Crippen LogP contribution in [0.5, 0.6) is 0 Å². The van der Waals surface area contributed by atoms with Crippen LogP contribution < -0.4 is 0 Å².